The van der Waals surface area contributed by atoms with Gasteiger partial charge in [-0.05, 0) is 42.0 Å². The summed E-state index contributed by atoms with van der Waals surface area (Å²) in [7, 11) is 0. The summed E-state index contributed by atoms with van der Waals surface area (Å²) in [6, 6.07) is 24.5. The third-order valence-corrected chi connectivity index (χ3v) is 5.56. The second-order valence-electron chi connectivity index (χ2n) is 5.90. The fourth-order valence-corrected chi connectivity index (χ4v) is 3.86. The molecule has 0 bridgehead atoms. The topological polar surface area (TPSA) is 30.7 Å². The average Bonchev–Trinajstić information content (AvgIpc) is 3.13. The molecule has 1 heterocycles. The number of thioether (sulfide) groups is 1. The zero-order valence-corrected chi connectivity index (χ0v) is 16.6. The van der Waals surface area contributed by atoms with Gasteiger partial charge in [-0.3, -0.25) is 4.57 Å². The molecule has 0 fully saturated rings. The summed E-state index contributed by atoms with van der Waals surface area (Å²) in [6.45, 7) is 0. The first-order valence-corrected chi connectivity index (χ1v) is 10.1. The van der Waals surface area contributed by atoms with E-state index < -0.39 is 0 Å². The van der Waals surface area contributed by atoms with Gasteiger partial charge < -0.3 is 0 Å². The molecule has 0 aliphatic heterocycles. The summed E-state index contributed by atoms with van der Waals surface area (Å²) in [5, 5.41) is 9.57. The van der Waals surface area contributed by atoms with Crippen LogP contribution < -0.4 is 0 Å². The molecular formula is C21H15BrFN3S. The van der Waals surface area contributed by atoms with Gasteiger partial charge in [-0.15, -0.1) is 10.2 Å². The molecule has 0 saturated carbocycles. The smallest absolute Gasteiger partial charge is 0.196 e. The maximum atomic E-state index is 13.4. The minimum absolute atomic E-state index is 0.267. The Hall–Kier alpha value is -2.44. The Bertz CT molecular complexity index is 1030. The Kier molecular flexibility index (Phi) is 5.36. The Labute approximate surface area is 169 Å². The quantitative estimate of drug-likeness (QED) is 0.350. The van der Waals surface area contributed by atoms with Crippen molar-refractivity contribution in [2.75, 3.05) is 0 Å². The molecule has 134 valence electrons. The van der Waals surface area contributed by atoms with Crippen molar-refractivity contribution in [3.8, 4) is 17.1 Å². The highest BCUT2D eigenvalue weighted by Crippen LogP contribution is 2.30. The van der Waals surface area contributed by atoms with Gasteiger partial charge in [-0.2, -0.15) is 0 Å². The predicted octanol–water partition coefficient (Wildman–Crippen LogP) is 6.13. The van der Waals surface area contributed by atoms with Crippen LogP contribution in [0.25, 0.3) is 17.1 Å². The molecule has 0 amide bonds. The van der Waals surface area contributed by atoms with Gasteiger partial charge in [0.05, 0.1) is 0 Å². The van der Waals surface area contributed by atoms with Crippen LogP contribution in [0.2, 0.25) is 0 Å². The Morgan fingerprint density at radius 1 is 0.852 bits per heavy atom. The van der Waals surface area contributed by atoms with Crippen LogP contribution in [0, 0.1) is 5.82 Å². The number of aromatic nitrogens is 3. The lowest BCUT2D eigenvalue weighted by Gasteiger charge is -2.10. The van der Waals surface area contributed by atoms with Crippen LogP contribution in [-0.2, 0) is 5.75 Å². The van der Waals surface area contributed by atoms with Crippen molar-refractivity contribution in [1.29, 1.82) is 0 Å². The van der Waals surface area contributed by atoms with E-state index in [2.05, 4.69) is 38.3 Å². The fraction of sp³-hybridized carbons (Fsp3) is 0.0476. The van der Waals surface area contributed by atoms with E-state index in [4.69, 9.17) is 0 Å². The molecule has 3 aromatic carbocycles. The van der Waals surface area contributed by atoms with Crippen molar-refractivity contribution in [1.82, 2.24) is 14.8 Å². The minimum Gasteiger partial charge on any atom is -0.270 e. The summed E-state index contributed by atoms with van der Waals surface area (Å²) in [5.74, 6) is 1.24. The summed E-state index contributed by atoms with van der Waals surface area (Å²) in [4.78, 5) is 0. The van der Waals surface area contributed by atoms with Crippen molar-refractivity contribution in [2.45, 2.75) is 10.9 Å². The minimum atomic E-state index is -0.267. The zero-order valence-electron chi connectivity index (χ0n) is 14.2. The number of halogens is 2. The monoisotopic (exact) mass is 439 g/mol. The molecule has 4 rings (SSSR count). The highest BCUT2D eigenvalue weighted by molar-refractivity contribution is 9.10. The Morgan fingerprint density at radius 2 is 1.56 bits per heavy atom. The Morgan fingerprint density at radius 3 is 2.26 bits per heavy atom. The fourth-order valence-electron chi connectivity index (χ4n) is 2.69. The molecule has 0 aliphatic rings. The van der Waals surface area contributed by atoms with Crippen molar-refractivity contribution in [3.63, 3.8) is 0 Å². The van der Waals surface area contributed by atoms with Crippen LogP contribution in [0.5, 0.6) is 0 Å². The van der Waals surface area contributed by atoms with E-state index in [1.807, 2.05) is 47.0 Å². The highest BCUT2D eigenvalue weighted by Gasteiger charge is 2.16. The van der Waals surface area contributed by atoms with Gasteiger partial charge in [-0.25, -0.2) is 4.39 Å². The molecule has 0 N–H and O–H groups in total. The van der Waals surface area contributed by atoms with Gasteiger partial charge >= 0.3 is 0 Å². The number of rotatable bonds is 5. The van der Waals surface area contributed by atoms with E-state index >= 15 is 0 Å². The molecule has 6 heteroatoms. The average molecular weight is 440 g/mol. The molecule has 3 nitrogen and oxygen atoms in total. The first kappa shape index (κ1) is 17.9. The van der Waals surface area contributed by atoms with Gasteiger partial charge in [-0.1, -0.05) is 70.2 Å². The molecule has 0 unspecified atom stereocenters. The highest BCUT2D eigenvalue weighted by atomic mass is 79.9. The van der Waals surface area contributed by atoms with Crippen LogP contribution in [0.3, 0.4) is 0 Å². The van der Waals surface area contributed by atoms with E-state index in [0.717, 1.165) is 32.5 Å². The second-order valence-corrected chi connectivity index (χ2v) is 7.76. The third kappa shape index (κ3) is 4.12. The number of hydrogen-bond donors (Lipinski definition) is 0. The lowest BCUT2D eigenvalue weighted by Crippen LogP contribution is -2.00. The lowest BCUT2D eigenvalue weighted by molar-refractivity contribution is 0.627. The van der Waals surface area contributed by atoms with E-state index in [1.165, 1.54) is 17.7 Å². The third-order valence-electron chi connectivity index (χ3n) is 4.03. The standard InChI is InChI=1S/C21H15BrFN3S/c22-17-8-6-15(7-9-17)14-27-21-25-24-20(16-4-2-1-3-5-16)26(21)19-12-10-18(23)11-13-19/h1-13H,14H2. The second kappa shape index (κ2) is 8.06. The SMILES string of the molecule is Fc1ccc(-n2c(SCc3ccc(Br)cc3)nnc2-c2ccccc2)cc1. The largest absolute Gasteiger partial charge is 0.270 e. The molecule has 27 heavy (non-hydrogen) atoms. The maximum absolute atomic E-state index is 13.4. The van der Waals surface area contributed by atoms with Crippen LogP contribution in [-0.4, -0.2) is 14.8 Å². The van der Waals surface area contributed by atoms with E-state index in [-0.39, 0.29) is 5.82 Å². The van der Waals surface area contributed by atoms with E-state index in [0.29, 0.717) is 0 Å². The maximum Gasteiger partial charge on any atom is 0.196 e. The molecule has 0 aliphatic carbocycles. The number of hydrogen-bond acceptors (Lipinski definition) is 3. The van der Waals surface area contributed by atoms with Crippen molar-refractivity contribution >= 4 is 27.7 Å². The first-order valence-electron chi connectivity index (χ1n) is 8.35. The number of benzene rings is 3. The summed E-state index contributed by atoms with van der Waals surface area (Å²) < 4.78 is 16.4. The van der Waals surface area contributed by atoms with Crippen LogP contribution >= 0.6 is 27.7 Å². The molecule has 1 aromatic heterocycles. The summed E-state index contributed by atoms with van der Waals surface area (Å²) in [5.41, 5.74) is 2.99. The van der Waals surface area contributed by atoms with Crippen molar-refractivity contribution < 1.29 is 4.39 Å². The van der Waals surface area contributed by atoms with Crippen LogP contribution in [0.15, 0.2) is 88.5 Å². The molecule has 0 saturated heterocycles. The van der Waals surface area contributed by atoms with Gasteiger partial charge in [0.2, 0.25) is 0 Å². The number of nitrogens with zero attached hydrogens (tertiary/aromatic N) is 3. The van der Waals surface area contributed by atoms with Gasteiger partial charge in [0.1, 0.15) is 5.82 Å². The van der Waals surface area contributed by atoms with Gasteiger partial charge in [0, 0.05) is 21.5 Å². The molecule has 0 radical (unpaired) electrons. The normalized spacial score (nSPS) is 10.9. The zero-order chi connectivity index (χ0) is 18.6. The Balaban J connectivity index is 1.71. The van der Waals surface area contributed by atoms with E-state index in [1.54, 1.807) is 23.9 Å². The predicted molar refractivity (Wildman–Crippen MR) is 110 cm³/mol. The van der Waals surface area contributed by atoms with Crippen molar-refractivity contribution in [2.24, 2.45) is 0 Å². The van der Waals surface area contributed by atoms with E-state index in [9.17, 15) is 4.39 Å². The molecule has 0 spiro atoms. The first-order chi connectivity index (χ1) is 13.2. The molecular weight excluding hydrogens is 425 g/mol. The summed E-state index contributed by atoms with van der Waals surface area (Å²) >= 11 is 5.06. The summed E-state index contributed by atoms with van der Waals surface area (Å²) in [6.07, 6.45) is 0. The van der Waals surface area contributed by atoms with Gasteiger partial charge in [0.15, 0.2) is 11.0 Å². The van der Waals surface area contributed by atoms with Gasteiger partial charge in [0.25, 0.3) is 0 Å². The van der Waals surface area contributed by atoms with Crippen LogP contribution in [0.1, 0.15) is 5.56 Å². The van der Waals surface area contributed by atoms with Crippen LogP contribution in [0.4, 0.5) is 4.39 Å². The molecule has 0 atom stereocenters. The van der Waals surface area contributed by atoms with Crippen molar-refractivity contribution in [3.05, 3.63) is 94.7 Å². The molecule has 4 aromatic rings. The lowest BCUT2D eigenvalue weighted by atomic mass is 10.2.